The molecule has 1 aliphatic rings. The Bertz CT molecular complexity index is 373. The second-order valence-electron chi connectivity index (χ2n) is 6.69. The molecule has 0 aromatic heterocycles. The van der Waals surface area contributed by atoms with E-state index in [-0.39, 0.29) is 11.8 Å². The summed E-state index contributed by atoms with van der Waals surface area (Å²) < 4.78 is 0. The summed E-state index contributed by atoms with van der Waals surface area (Å²) in [5, 5.41) is 2.91. The summed E-state index contributed by atoms with van der Waals surface area (Å²) in [5.41, 5.74) is -1.44. The highest BCUT2D eigenvalue weighted by molar-refractivity contribution is 6.01. The number of rotatable bonds is 8. The molecule has 0 radical (unpaired) electrons. The second-order valence-corrected chi connectivity index (χ2v) is 6.69. The molecule has 1 rings (SSSR count). The average molecular weight is 296 g/mol. The lowest BCUT2D eigenvalue weighted by Crippen LogP contribution is -2.74. The van der Waals surface area contributed by atoms with Crippen molar-refractivity contribution < 1.29 is 9.59 Å². The minimum atomic E-state index is -0.783. The van der Waals surface area contributed by atoms with Crippen LogP contribution in [0.5, 0.6) is 0 Å². The van der Waals surface area contributed by atoms with E-state index in [1.165, 1.54) is 19.3 Å². The fourth-order valence-corrected chi connectivity index (χ4v) is 3.25. The van der Waals surface area contributed by atoms with Crippen LogP contribution >= 0.6 is 0 Å². The molecule has 0 atom stereocenters. The molecule has 0 aromatic rings. The first-order valence-electron chi connectivity index (χ1n) is 8.50. The van der Waals surface area contributed by atoms with Gasteiger partial charge < -0.3 is 10.2 Å². The number of carbonyl (C=O) groups is 2. The Morgan fingerprint density at radius 2 is 1.52 bits per heavy atom. The Balaban J connectivity index is 2.85. The molecule has 1 aliphatic heterocycles. The van der Waals surface area contributed by atoms with Gasteiger partial charge in [0.05, 0.1) is 0 Å². The fourth-order valence-electron chi connectivity index (χ4n) is 3.25. The molecule has 2 amide bonds. The van der Waals surface area contributed by atoms with Crippen molar-refractivity contribution in [2.45, 2.75) is 90.6 Å². The number of carbonyl (C=O) groups excluding carboxylic acids is 2. The molecule has 1 fully saturated rings. The lowest BCUT2D eigenvalue weighted by Gasteiger charge is -2.50. The van der Waals surface area contributed by atoms with Crippen LogP contribution in [0.25, 0.3) is 0 Å². The number of piperazine rings is 1. The zero-order valence-corrected chi connectivity index (χ0v) is 14.4. The first-order chi connectivity index (χ1) is 9.85. The molecular formula is C17H32N2O2. The van der Waals surface area contributed by atoms with E-state index >= 15 is 0 Å². The largest absolute Gasteiger partial charge is 0.340 e. The Kier molecular flexibility index (Phi) is 6.24. The summed E-state index contributed by atoms with van der Waals surface area (Å²) in [6.07, 6.45) is 7.12. The van der Waals surface area contributed by atoms with Gasteiger partial charge in [-0.2, -0.15) is 0 Å². The van der Waals surface area contributed by atoms with Crippen LogP contribution < -0.4 is 5.32 Å². The smallest absolute Gasteiger partial charge is 0.248 e. The van der Waals surface area contributed by atoms with E-state index in [0.717, 1.165) is 12.8 Å². The van der Waals surface area contributed by atoms with Gasteiger partial charge in [0, 0.05) is 6.54 Å². The quantitative estimate of drug-likeness (QED) is 0.699. The third-order valence-electron chi connectivity index (χ3n) is 4.80. The molecule has 4 heteroatoms. The maximum absolute atomic E-state index is 12.8. The fraction of sp³-hybridized carbons (Fsp3) is 0.882. The molecule has 4 nitrogen and oxygen atoms in total. The molecule has 0 saturated carbocycles. The van der Waals surface area contributed by atoms with Crippen molar-refractivity contribution in [1.29, 1.82) is 0 Å². The molecule has 0 bridgehead atoms. The Labute approximate surface area is 129 Å². The molecule has 0 spiro atoms. The van der Waals surface area contributed by atoms with Crippen LogP contribution in [0.4, 0.5) is 0 Å². The standard InChI is InChI=1S/C17H32N2O2/c1-6-9-10-11-12-13-19-15(21)16(4,5)18-14(20)17(19,7-2)8-3/h6-13H2,1-5H3,(H,18,20). The number of hydrogen-bond donors (Lipinski definition) is 1. The molecule has 1 N–H and O–H groups in total. The third kappa shape index (κ3) is 3.58. The van der Waals surface area contributed by atoms with Crippen LogP contribution in [0.15, 0.2) is 0 Å². The number of nitrogens with zero attached hydrogens (tertiary/aromatic N) is 1. The van der Waals surface area contributed by atoms with E-state index in [0.29, 0.717) is 19.4 Å². The van der Waals surface area contributed by atoms with Crippen molar-refractivity contribution in [2.75, 3.05) is 6.54 Å². The SMILES string of the molecule is CCCCCCCN1C(=O)C(C)(C)NC(=O)C1(CC)CC. The maximum atomic E-state index is 12.8. The molecule has 0 aliphatic carbocycles. The van der Waals surface area contributed by atoms with Gasteiger partial charge in [0.1, 0.15) is 11.1 Å². The van der Waals surface area contributed by atoms with E-state index in [1.54, 1.807) is 13.8 Å². The van der Waals surface area contributed by atoms with E-state index in [4.69, 9.17) is 0 Å². The van der Waals surface area contributed by atoms with Crippen LogP contribution in [0.2, 0.25) is 0 Å². The zero-order valence-electron chi connectivity index (χ0n) is 14.4. The van der Waals surface area contributed by atoms with Gasteiger partial charge in [-0.25, -0.2) is 0 Å². The molecule has 21 heavy (non-hydrogen) atoms. The number of amides is 2. The highest BCUT2D eigenvalue weighted by atomic mass is 16.2. The van der Waals surface area contributed by atoms with Crippen LogP contribution in [-0.2, 0) is 9.59 Å². The summed E-state index contributed by atoms with van der Waals surface area (Å²) in [6.45, 7) is 10.5. The second kappa shape index (κ2) is 7.28. The normalized spacial score (nSPS) is 20.5. The topological polar surface area (TPSA) is 49.4 Å². The van der Waals surface area contributed by atoms with Crippen LogP contribution in [0.3, 0.4) is 0 Å². The Morgan fingerprint density at radius 3 is 2.05 bits per heavy atom. The average Bonchev–Trinajstić information content (AvgIpc) is 2.44. The molecular weight excluding hydrogens is 264 g/mol. The molecule has 122 valence electrons. The van der Waals surface area contributed by atoms with E-state index in [1.807, 2.05) is 18.7 Å². The monoisotopic (exact) mass is 296 g/mol. The molecule has 0 aromatic carbocycles. The maximum Gasteiger partial charge on any atom is 0.248 e. The van der Waals surface area contributed by atoms with E-state index in [9.17, 15) is 9.59 Å². The lowest BCUT2D eigenvalue weighted by molar-refractivity contribution is -0.162. The highest BCUT2D eigenvalue weighted by Crippen LogP contribution is 2.32. The summed E-state index contributed by atoms with van der Waals surface area (Å²) >= 11 is 0. The van der Waals surface area contributed by atoms with Gasteiger partial charge in [-0.1, -0.05) is 46.5 Å². The van der Waals surface area contributed by atoms with Gasteiger partial charge in [0.25, 0.3) is 0 Å². The van der Waals surface area contributed by atoms with Crippen molar-refractivity contribution in [2.24, 2.45) is 0 Å². The van der Waals surface area contributed by atoms with Crippen LogP contribution in [-0.4, -0.2) is 34.3 Å². The Hall–Kier alpha value is -1.06. The van der Waals surface area contributed by atoms with Gasteiger partial charge in [-0.05, 0) is 33.1 Å². The van der Waals surface area contributed by atoms with Gasteiger partial charge in [-0.15, -0.1) is 0 Å². The number of nitrogens with one attached hydrogen (secondary N) is 1. The highest BCUT2D eigenvalue weighted by Gasteiger charge is 2.52. The number of hydrogen-bond acceptors (Lipinski definition) is 2. The van der Waals surface area contributed by atoms with Crippen molar-refractivity contribution in [3.8, 4) is 0 Å². The summed E-state index contributed by atoms with van der Waals surface area (Å²) in [7, 11) is 0. The van der Waals surface area contributed by atoms with Crippen LogP contribution in [0, 0.1) is 0 Å². The minimum absolute atomic E-state index is 0.00524. The first-order valence-corrected chi connectivity index (χ1v) is 8.50. The molecule has 1 heterocycles. The van der Waals surface area contributed by atoms with Gasteiger partial charge in [0.15, 0.2) is 0 Å². The van der Waals surface area contributed by atoms with Crippen LogP contribution in [0.1, 0.15) is 79.6 Å². The lowest BCUT2D eigenvalue weighted by atomic mass is 9.82. The molecule has 1 saturated heterocycles. The predicted molar refractivity (Wildman–Crippen MR) is 86.0 cm³/mol. The summed E-state index contributed by atoms with van der Waals surface area (Å²) in [4.78, 5) is 27.2. The van der Waals surface area contributed by atoms with E-state index in [2.05, 4.69) is 12.2 Å². The predicted octanol–water partition coefficient (Wildman–Crippen LogP) is 3.25. The Morgan fingerprint density at radius 1 is 0.952 bits per heavy atom. The minimum Gasteiger partial charge on any atom is -0.340 e. The van der Waals surface area contributed by atoms with Crippen molar-refractivity contribution >= 4 is 11.8 Å². The zero-order chi connectivity index (χ0) is 16.1. The van der Waals surface area contributed by atoms with E-state index < -0.39 is 11.1 Å². The van der Waals surface area contributed by atoms with Crippen molar-refractivity contribution in [3.05, 3.63) is 0 Å². The van der Waals surface area contributed by atoms with Crippen molar-refractivity contribution in [1.82, 2.24) is 10.2 Å². The van der Waals surface area contributed by atoms with Gasteiger partial charge in [-0.3, -0.25) is 9.59 Å². The van der Waals surface area contributed by atoms with Gasteiger partial charge in [0.2, 0.25) is 11.8 Å². The van der Waals surface area contributed by atoms with Crippen molar-refractivity contribution in [3.63, 3.8) is 0 Å². The summed E-state index contributed by atoms with van der Waals surface area (Å²) in [6, 6.07) is 0. The number of unbranched alkanes of at least 4 members (excludes halogenated alkanes) is 4. The first kappa shape index (κ1) is 18.0. The molecule has 0 unspecified atom stereocenters. The summed E-state index contributed by atoms with van der Waals surface area (Å²) in [5.74, 6) is 0.0620. The third-order valence-corrected chi connectivity index (χ3v) is 4.80. The van der Waals surface area contributed by atoms with Gasteiger partial charge >= 0.3 is 0 Å².